The standard InChI is InChI=1S/C27H36FN3O3/c1-27(2)17-24(10-15-34-27)29-26(32)19-33-25-9-6-21(20-4-7-23(28)8-5-20)16-22(25)18-31-13-11-30(3)12-14-31/h4-9,16,24H,10-15,17-19H2,1-3H3,(H,29,32). The van der Waals surface area contributed by atoms with Crippen molar-refractivity contribution in [3.05, 3.63) is 53.8 Å². The molecule has 2 aromatic carbocycles. The quantitative estimate of drug-likeness (QED) is 0.670. The van der Waals surface area contributed by atoms with Gasteiger partial charge in [0.1, 0.15) is 11.6 Å². The largest absolute Gasteiger partial charge is 0.483 e. The second-order valence-corrected chi connectivity index (χ2v) is 10.1. The van der Waals surface area contributed by atoms with Crippen LogP contribution in [-0.4, -0.2) is 73.8 Å². The molecular weight excluding hydrogens is 433 g/mol. The molecule has 2 fully saturated rings. The summed E-state index contributed by atoms with van der Waals surface area (Å²) in [6.07, 6.45) is 1.61. The molecule has 0 spiro atoms. The number of benzene rings is 2. The molecule has 2 aliphatic rings. The third-order valence-corrected chi connectivity index (χ3v) is 6.65. The van der Waals surface area contributed by atoms with Gasteiger partial charge in [0.05, 0.1) is 5.60 Å². The zero-order valence-electron chi connectivity index (χ0n) is 20.5. The summed E-state index contributed by atoms with van der Waals surface area (Å²) in [5.74, 6) is 0.350. The molecule has 1 atom stereocenters. The number of hydrogen-bond acceptors (Lipinski definition) is 5. The van der Waals surface area contributed by atoms with Crippen LogP contribution in [0.4, 0.5) is 4.39 Å². The Labute approximate surface area is 202 Å². The Morgan fingerprint density at radius 2 is 1.82 bits per heavy atom. The van der Waals surface area contributed by atoms with Crippen LogP contribution in [0.2, 0.25) is 0 Å². The third kappa shape index (κ3) is 6.78. The summed E-state index contributed by atoms with van der Waals surface area (Å²) in [6.45, 7) is 9.49. The number of ether oxygens (including phenoxy) is 2. The van der Waals surface area contributed by atoms with Crippen molar-refractivity contribution >= 4 is 5.91 Å². The van der Waals surface area contributed by atoms with Gasteiger partial charge in [-0.05, 0) is 69.1 Å². The van der Waals surface area contributed by atoms with Crippen LogP contribution in [0.3, 0.4) is 0 Å². The van der Waals surface area contributed by atoms with Crippen molar-refractivity contribution in [3.8, 4) is 16.9 Å². The van der Waals surface area contributed by atoms with E-state index in [1.54, 1.807) is 12.1 Å². The van der Waals surface area contributed by atoms with Crippen LogP contribution in [-0.2, 0) is 16.1 Å². The van der Waals surface area contributed by atoms with Gasteiger partial charge < -0.3 is 19.7 Å². The van der Waals surface area contributed by atoms with Crippen molar-refractivity contribution in [1.82, 2.24) is 15.1 Å². The molecule has 2 aromatic rings. The molecule has 7 heteroatoms. The van der Waals surface area contributed by atoms with E-state index in [0.717, 1.165) is 62.3 Å². The maximum absolute atomic E-state index is 13.4. The van der Waals surface area contributed by atoms with Gasteiger partial charge in [-0.3, -0.25) is 9.69 Å². The van der Waals surface area contributed by atoms with Gasteiger partial charge in [-0.25, -0.2) is 4.39 Å². The molecule has 2 saturated heterocycles. The highest BCUT2D eigenvalue weighted by Crippen LogP contribution is 2.29. The minimum atomic E-state index is -0.250. The Hall–Kier alpha value is -2.48. The molecule has 1 unspecified atom stereocenters. The first kappa shape index (κ1) is 24.6. The van der Waals surface area contributed by atoms with E-state index < -0.39 is 0 Å². The van der Waals surface area contributed by atoms with Crippen LogP contribution in [0.5, 0.6) is 5.75 Å². The minimum absolute atomic E-state index is 0.0244. The number of nitrogens with zero attached hydrogens (tertiary/aromatic N) is 2. The van der Waals surface area contributed by atoms with Crippen molar-refractivity contribution in [2.45, 2.75) is 44.9 Å². The average Bonchev–Trinajstić information content (AvgIpc) is 2.79. The molecule has 184 valence electrons. The van der Waals surface area contributed by atoms with E-state index in [0.29, 0.717) is 12.4 Å². The van der Waals surface area contributed by atoms with Crippen molar-refractivity contribution < 1.29 is 18.7 Å². The molecular formula is C27H36FN3O3. The SMILES string of the molecule is CN1CCN(Cc2cc(-c3ccc(F)cc3)ccc2OCC(=O)NC2CCOC(C)(C)C2)CC1. The summed E-state index contributed by atoms with van der Waals surface area (Å²) < 4.78 is 25.2. The van der Waals surface area contributed by atoms with E-state index >= 15 is 0 Å². The average molecular weight is 470 g/mol. The summed E-state index contributed by atoms with van der Waals surface area (Å²) >= 11 is 0. The summed E-state index contributed by atoms with van der Waals surface area (Å²) in [7, 11) is 2.14. The Bertz CT molecular complexity index is 972. The number of halogens is 1. The number of rotatable bonds is 7. The number of amides is 1. The summed E-state index contributed by atoms with van der Waals surface area (Å²) in [5.41, 5.74) is 2.77. The van der Waals surface area contributed by atoms with Gasteiger partial charge in [-0.1, -0.05) is 18.2 Å². The molecule has 34 heavy (non-hydrogen) atoms. The highest BCUT2D eigenvalue weighted by atomic mass is 19.1. The lowest BCUT2D eigenvalue weighted by atomic mass is 9.94. The second kappa shape index (κ2) is 10.8. The van der Waals surface area contributed by atoms with Crippen molar-refractivity contribution in [2.24, 2.45) is 0 Å². The highest BCUT2D eigenvalue weighted by Gasteiger charge is 2.29. The van der Waals surface area contributed by atoms with Crippen LogP contribution in [0, 0.1) is 5.82 Å². The normalized spacial score (nSPS) is 21.2. The molecule has 0 bridgehead atoms. The zero-order valence-corrected chi connectivity index (χ0v) is 20.5. The monoisotopic (exact) mass is 469 g/mol. The smallest absolute Gasteiger partial charge is 0.258 e. The highest BCUT2D eigenvalue weighted by molar-refractivity contribution is 5.78. The predicted octanol–water partition coefficient (Wildman–Crippen LogP) is 3.69. The van der Waals surface area contributed by atoms with Gasteiger partial charge in [0.15, 0.2) is 6.61 Å². The molecule has 0 aromatic heterocycles. The van der Waals surface area contributed by atoms with Crippen LogP contribution in [0.25, 0.3) is 11.1 Å². The van der Waals surface area contributed by atoms with Gasteiger partial charge in [0.2, 0.25) is 0 Å². The second-order valence-electron chi connectivity index (χ2n) is 10.1. The van der Waals surface area contributed by atoms with E-state index in [-0.39, 0.29) is 30.0 Å². The van der Waals surface area contributed by atoms with Gasteiger partial charge >= 0.3 is 0 Å². The molecule has 4 rings (SSSR count). The van der Waals surface area contributed by atoms with Crippen LogP contribution < -0.4 is 10.1 Å². The van der Waals surface area contributed by atoms with Gasteiger partial charge in [-0.2, -0.15) is 0 Å². The number of carbonyl (C=O) groups is 1. The molecule has 1 N–H and O–H groups in total. The topological polar surface area (TPSA) is 54.0 Å². The first-order valence-electron chi connectivity index (χ1n) is 12.1. The Morgan fingerprint density at radius 1 is 1.12 bits per heavy atom. The Morgan fingerprint density at radius 3 is 2.53 bits per heavy atom. The number of carbonyl (C=O) groups excluding carboxylic acids is 1. The van der Waals surface area contributed by atoms with Crippen molar-refractivity contribution in [2.75, 3.05) is 46.4 Å². The molecule has 6 nitrogen and oxygen atoms in total. The predicted molar refractivity (Wildman–Crippen MR) is 131 cm³/mol. The maximum Gasteiger partial charge on any atom is 0.258 e. The molecule has 2 aliphatic heterocycles. The van der Waals surface area contributed by atoms with E-state index in [1.807, 2.05) is 12.1 Å². The van der Waals surface area contributed by atoms with Crippen LogP contribution in [0.1, 0.15) is 32.3 Å². The first-order chi connectivity index (χ1) is 16.3. The zero-order chi connectivity index (χ0) is 24.1. The number of likely N-dealkylation sites (N-methyl/N-ethyl adjacent to an activating group) is 1. The maximum atomic E-state index is 13.4. The number of hydrogen-bond donors (Lipinski definition) is 1. The fraction of sp³-hybridized carbons (Fsp3) is 0.519. The van der Waals surface area contributed by atoms with E-state index in [2.05, 4.69) is 42.1 Å². The summed E-state index contributed by atoms with van der Waals surface area (Å²) in [5, 5.41) is 3.10. The van der Waals surface area contributed by atoms with Gasteiger partial charge in [0.25, 0.3) is 5.91 Å². The van der Waals surface area contributed by atoms with E-state index in [1.165, 1.54) is 12.1 Å². The fourth-order valence-corrected chi connectivity index (χ4v) is 4.68. The summed E-state index contributed by atoms with van der Waals surface area (Å²) in [6, 6.07) is 12.6. The Kier molecular flexibility index (Phi) is 7.86. The minimum Gasteiger partial charge on any atom is -0.483 e. The Balaban J connectivity index is 1.45. The lowest BCUT2D eigenvalue weighted by Gasteiger charge is -2.35. The molecule has 2 heterocycles. The van der Waals surface area contributed by atoms with Gasteiger partial charge in [-0.15, -0.1) is 0 Å². The molecule has 1 amide bonds. The lowest BCUT2D eigenvalue weighted by Crippen LogP contribution is -2.47. The first-order valence-corrected chi connectivity index (χ1v) is 12.1. The number of nitrogens with one attached hydrogen (secondary N) is 1. The van der Waals surface area contributed by atoms with Gasteiger partial charge in [0, 0.05) is 50.9 Å². The van der Waals surface area contributed by atoms with Crippen LogP contribution in [0.15, 0.2) is 42.5 Å². The lowest BCUT2D eigenvalue weighted by molar-refractivity contribution is -0.126. The van der Waals surface area contributed by atoms with Crippen LogP contribution >= 0.6 is 0 Å². The molecule has 0 saturated carbocycles. The third-order valence-electron chi connectivity index (χ3n) is 6.65. The molecule has 0 aliphatic carbocycles. The van der Waals surface area contributed by atoms with Crippen molar-refractivity contribution in [3.63, 3.8) is 0 Å². The van der Waals surface area contributed by atoms with Crippen molar-refractivity contribution in [1.29, 1.82) is 0 Å². The van der Waals surface area contributed by atoms with E-state index in [4.69, 9.17) is 9.47 Å². The number of piperazine rings is 1. The fourth-order valence-electron chi connectivity index (χ4n) is 4.68. The summed E-state index contributed by atoms with van der Waals surface area (Å²) in [4.78, 5) is 17.4. The van der Waals surface area contributed by atoms with E-state index in [9.17, 15) is 9.18 Å². The molecule has 0 radical (unpaired) electrons.